The Bertz CT molecular complexity index is 1000. The van der Waals surface area contributed by atoms with Crippen molar-refractivity contribution in [2.45, 2.75) is 32.4 Å². The number of likely N-dealkylation sites (tertiary alicyclic amines) is 1. The largest absolute Gasteiger partial charge is 0.335 e. The molecule has 0 radical (unpaired) electrons. The zero-order valence-corrected chi connectivity index (χ0v) is 17.0. The number of nitrogens with zero attached hydrogens (tertiary/aromatic N) is 4. The van der Waals surface area contributed by atoms with E-state index < -0.39 is 0 Å². The van der Waals surface area contributed by atoms with Crippen LogP contribution in [-0.2, 0) is 6.54 Å². The molecule has 2 aliphatic rings. The second kappa shape index (κ2) is 7.64. The molecule has 1 amide bonds. The van der Waals surface area contributed by atoms with Crippen molar-refractivity contribution in [3.05, 3.63) is 65.9 Å². The first-order chi connectivity index (χ1) is 14.2. The van der Waals surface area contributed by atoms with Crippen LogP contribution in [-0.4, -0.2) is 51.7 Å². The quantitative estimate of drug-likeness (QED) is 0.679. The topological polar surface area (TPSA) is 41.4 Å². The fourth-order valence-electron chi connectivity index (χ4n) is 4.89. The minimum absolute atomic E-state index is 0.144. The number of hydrogen-bond acceptors (Lipinski definition) is 3. The number of aromatic nitrogens is 2. The average molecular weight is 389 g/mol. The van der Waals surface area contributed by atoms with E-state index in [0.29, 0.717) is 12.0 Å². The molecular weight excluding hydrogens is 360 g/mol. The van der Waals surface area contributed by atoms with Gasteiger partial charge in [0.25, 0.3) is 5.91 Å². The van der Waals surface area contributed by atoms with Gasteiger partial charge in [-0.3, -0.25) is 14.4 Å². The molecule has 1 unspecified atom stereocenters. The van der Waals surface area contributed by atoms with Crippen LogP contribution in [0.1, 0.15) is 41.9 Å². The summed E-state index contributed by atoms with van der Waals surface area (Å²) in [5.74, 6) is 0.726. The second-order valence-electron chi connectivity index (χ2n) is 8.41. The van der Waals surface area contributed by atoms with Crippen LogP contribution in [0.4, 0.5) is 0 Å². The van der Waals surface area contributed by atoms with Crippen molar-refractivity contribution in [2.75, 3.05) is 26.2 Å². The van der Waals surface area contributed by atoms with E-state index in [9.17, 15) is 4.79 Å². The van der Waals surface area contributed by atoms with Gasteiger partial charge in [0.2, 0.25) is 0 Å². The van der Waals surface area contributed by atoms with E-state index in [0.717, 1.165) is 62.2 Å². The molecule has 150 valence electrons. The third-order valence-electron chi connectivity index (χ3n) is 6.67. The van der Waals surface area contributed by atoms with Gasteiger partial charge >= 0.3 is 0 Å². The maximum Gasteiger partial charge on any atom is 0.272 e. The number of benzene rings is 2. The lowest BCUT2D eigenvalue weighted by Gasteiger charge is -2.38. The van der Waals surface area contributed by atoms with Crippen LogP contribution < -0.4 is 0 Å². The summed E-state index contributed by atoms with van der Waals surface area (Å²) in [6, 6.07) is 19.2. The SMILES string of the molecule is CC(c1ccccc1)N1CCC(CN2CCn3nc4ccccc4c3C2=O)CC1. The van der Waals surface area contributed by atoms with Crippen LogP contribution in [0.15, 0.2) is 54.6 Å². The minimum Gasteiger partial charge on any atom is -0.335 e. The van der Waals surface area contributed by atoms with Crippen molar-refractivity contribution in [1.82, 2.24) is 19.6 Å². The molecule has 0 spiro atoms. The van der Waals surface area contributed by atoms with E-state index >= 15 is 0 Å². The van der Waals surface area contributed by atoms with Gasteiger partial charge in [0.15, 0.2) is 0 Å². The fourth-order valence-corrected chi connectivity index (χ4v) is 4.89. The highest BCUT2D eigenvalue weighted by atomic mass is 16.2. The first-order valence-electron chi connectivity index (χ1n) is 10.7. The van der Waals surface area contributed by atoms with Crippen LogP contribution in [0.3, 0.4) is 0 Å². The summed E-state index contributed by atoms with van der Waals surface area (Å²) in [7, 11) is 0. The number of rotatable bonds is 4. The van der Waals surface area contributed by atoms with Gasteiger partial charge < -0.3 is 4.90 Å². The highest BCUT2D eigenvalue weighted by Crippen LogP contribution is 2.29. The smallest absolute Gasteiger partial charge is 0.272 e. The number of hydrogen-bond donors (Lipinski definition) is 0. The Hall–Kier alpha value is -2.66. The van der Waals surface area contributed by atoms with Crippen LogP contribution in [0.5, 0.6) is 0 Å². The summed E-state index contributed by atoms with van der Waals surface area (Å²) >= 11 is 0. The van der Waals surface area contributed by atoms with Crippen molar-refractivity contribution in [2.24, 2.45) is 5.92 Å². The van der Waals surface area contributed by atoms with Crippen molar-refractivity contribution in [3.63, 3.8) is 0 Å². The molecule has 29 heavy (non-hydrogen) atoms. The number of carbonyl (C=O) groups is 1. The normalized spacial score (nSPS) is 19.5. The molecule has 2 aliphatic heterocycles. The Balaban J connectivity index is 1.23. The predicted molar refractivity (Wildman–Crippen MR) is 115 cm³/mol. The first-order valence-corrected chi connectivity index (χ1v) is 10.7. The molecule has 5 rings (SSSR count). The lowest BCUT2D eigenvalue weighted by molar-refractivity contribution is 0.0611. The van der Waals surface area contributed by atoms with Gasteiger partial charge in [0, 0.05) is 24.5 Å². The standard InChI is InChI=1S/C24H28N4O/c1-18(20-7-3-2-4-8-20)26-13-11-19(12-14-26)17-27-15-16-28-23(24(27)29)21-9-5-6-10-22(21)25-28/h2-10,18-19H,11-17H2,1H3. The summed E-state index contributed by atoms with van der Waals surface area (Å²) < 4.78 is 1.90. The van der Waals surface area contributed by atoms with E-state index in [1.54, 1.807) is 0 Å². The van der Waals surface area contributed by atoms with Crippen molar-refractivity contribution < 1.29 is 4.79 Å². The Morgan fingerprint density at radius 3 is 2.48 bits per heavy atom. The number of amides is 1. The van der Waals surface area contributed by atoms with Gasteiger partial charge in [0.1, 0.15) is 5.69 Å². The van der Waals surface area contributed by atoms with Gasteiger partial charge in [-0.05, 0) is 50.4 Å². The lowest BCUT2D eigenvalue weighted by atomic mass is 9.93. The Labute approximate surface area is 171 Å². The Morgan fingerprint density at radius 2 is 1.69 bits per heavy atom. The van der Waals surface area contributed by atoms with Gasteiger partial charge in [-0.1, -0.05) is 48.5 Å². The molecular formula is C24H28N4O. The second-order valence-corrected chi connectivity index (χ2v) is 8.41. The highest BCUT2D eigenvalue weighted by molar-refractivity contribution is 6.05. The third kappa shape index (κ3) is 3.44. The van der Waals surface area contributed by atoms with Gasteiger partial charge in [0.05, 0.1) is 12.1 Å². The van der Waals surface area contributed by atoms with E-state index in [1.165, 1.54) is 5.56 Å². The Kier molecular flexibility index (Phi) is 4.84. The maximum absolute atomic E-state index is 13.2. The first kappa shape index (κ1) is 18.4. The molecule has 5 nitrogen and oxygen atoms in total. The van der Waals surface area contributed by atoms with Crippen LogP contribution in [0.25, 0.3) is 10.9 Å². The zero-order chi connectivity index (χ0) is 19.8. The van der Waals surface area contributed by atoms with Crippen molar-refractivity contribution in [1.29, 1.82) is 0 Å². The number of fused-ring (bicyclic) bond motifs is 3. The fraction of sp³-hybridized carbons (Fsp3) is 0.417. The van der Waals surface area contributed by atoms with Crippen LogP contribution in [0, 0.1) is 5.92 Å². The molecule has 5 heteroatoms. The van der Waals surface area contributed by atoms with Gasteiger partial charge in [-0.2, -0.15) is 5.10 Å². The number of carbonyl (C=O) groups excluding carboxylic acids is 1. The molecule has 2 aromatic carbocycles. The highest BCUT2D eigenvalue weighted by Gasteiger charge is 2.31. The minimum atomic E-state index is 0.144. The molecule has 1 aromatic heterocycles. The summed E-state index contributed by atoms with van der Waals surface area (Å²) in [5.41, 5.74) is 3.07. The third-order valence-corrected chi connectivity index (χ3v) is 6.67. The van der Waals surface area contributed by atoms with Crippen molar-refractivity contribution in [3.8, 4) is 0 Å². The summed E-state index contributed by atoms with van der Waals surface area (Å²) in [6.45, 7) is 6.93. The van der Waals surface area contributed by atoms with E-state index in [4.69, 9.17) is 0 Å². The lowest BCUT2D eigenvalue weighted by Crippen LogP contribution is -2.45. The molecule has 3 heterocycles. The van der Waals surface area contributed by atoms with E-state index in [-0.39, 0.29) is 5.91 Å². The van der Waals surface area contributed by atoms with Gasteiger partial charge in [-0.15, -0.1) is 0 Å². The molecule has 0 N–H and O–H groups in total. The monoisotopic (exact) mass is 388 g/mol. The molecule has 1 saturated heterocycles. The van der Waals surface area contributed by atoms with Crippen molar-refractivity contribution >= 4 is 16.8 Å². The molecule has 1 fully saturated rings. The number of piperidine rings is 1. The zero-order valence-electron chi connectivity index (χ0n) is 17.0. The van der Waals surface area contributed by atoms with E-state index in [2.05, 4.69) is 52.2 Å². The average Bonchev–Trinajstić information content (AvgIpc) is 3.16. The summed E-state index contributed by atoms with van der Waals surface area (Å²) in [5, 5.41) is 5.59. The summed E-state index contributed by atoms with van der Waals surface area (Å²) in [6.07, 6.45) is 2.31. The molecule has 0 saturated carbocycles. The van der Waals surface area contributed by atoms with Crippen LogP contribution >= 0.6 is 0 Å². The molecule has 0 bridgehead atoms. The maximum atomic E-state index is 13.2. The molecule has 1 atom stereocenters. The summed E-state index contributed by atoms with van der Waals surface area (Å²) in [4.78, 5) is 17.8. The molecule has 3 aromatic rings. The molecule has 0 aliphatic carbocycles. The van der Waals surface area contributed by atoms with Crippen LogP contribution in [0.2, 0.25) is 0 Å². The predicted octanol–water partition coefficient (Wildman–Crippen LogP) is 3.97. The van der Waals surface area contributed by atoms with Gasteiger partial charge in [-0.25, -0.2) is 0 Å². The Morgan fingerprint density at radius 1 is 0.966 bits per heavy atom. The van der Waals surface area contributed by atoms with E-state index in [1.807, 2.05) is 28.9 Å².